The number of aryl methyl sites for hydroxylation is 1. The van der Waals surface area contributed by atoms with Crippen LogP contribution in [0, 0.1) is 18.6 Å². The molecule has 2 aliphatic heterocycles. The molecule has 1 N–H and O–H groups in total. The van der Waals surface area contributed by atoms with Crippen molar-refractivity contribution in [3.05, 3.63) is 65.2 Å². The van der Waals surface area contributed by atoms with E-state index in [4.69, 9.17) is 0 Å². The summed E-state index contributed by atoms with van der Waals surface area (Å²) in [5, 5.41) is 11.4. The monoisotopic (exact) mass is 413 g/mol. The Hall–Kier alpha value is -3.69. The Labute approximate surface area is 170 Å². The predicted molar refractivity (Wildman–Crippen MR) is 101 cm³/mol. The van der Waals surface area contributed by atoms with E-state index in [9.17, 15) is 23.2 Å². The summed E-state index contributed by atoms with van der Waals surface area (Å²) in [5.41, 5.74) is 1.91. The maximum atomic E-state index is 13.5. The summed E-state index contributed by atoms with van der Waals surface area (Å²) < 4.78 is 26.7. The van der Waals surface area contributed by atoms with Gasteiger partial charge in [0.15, 0.2) is 23.7 Å². The van der Waals surface area contributed by atoms with Crippen LogP contribution < -0.4 is 10.2 Å². The number of halogens is 2. The van der Waals surface area contributed by atoms with Gasteiger partial charge in [-0.1, -0.05) is 35.1 Å². The van der Waals surface area contributed by atoms with Crippen molar-refractivity contribution in [3.8, 4) is 0 Å². The molecule has 30 heavy (non-hydrogen) atoms. The lowest BCUT2D eigenvalue weighted by Crippen LogP contribution is -2.44. The van der Waals surface area contributed by atoms with Gasteiger partial charge < -0.3 is 5.32 Å². The normalized spacial score (nSPS) is 20.1. The number of anilines is 1. The maximum absolute atomic E-state index is 13.5. The van der Waals surface area contributed by atoms with Crippen LogP contribution in [-0.2, 0) is 20.9 Å². The summed E-state index contributed by atoms with van der Waals surface area (Å²) in [5.74, 6) is -4.08. The molecule has 3 amide bonds. The largest absolute Gasteiger partial charge is 0.350 e. The highest BCUT2D eigenvalue weighted by molar-refractivity contribution is 6.25. The van der Waals surface area contributed by atoms with Crippen LogP contribution in [0.15, 0.2) is 52.8 Å². The Morgan fingerprint density at radius 2 is 1.80 bits per heavy atom. The quantitative estimate of drug-likeness (QED) is 0.758. The standard InChI is InChI=1S/C20H17F2N5O3/c1-11-2-4-12(5-3-11)9-23-16(28)10-26-18-17(24-25-26)19(29)27(20(18)30)13-6-7-14(21)15(22)8-13/h2-8,17-18H,9-10H2,1H3,(H,23,28)/t17-,18+/m1/s1. The average Bonchev–Trinajstić information content (AvgIpc) is 3.23. The fourth-order valence-electron chi connectivity index (χ4n) is 3.34. The third kappa shape index (κ3) is 3.51. The SMILES string of the molecule is Cc1ccc(CNC(=O)CN2N=N[C@H]3C(=O)N(c4ccc(F)c(F)c4)C(=O)[C@H]32)cc1. The van der Waals surface area contributed by atoms with Gasteiger partial charge in [-0.2, -0.15) is 5.11 Å². The molecule has 2 aromatic carbocycles. The number of rotatable bonds is 5. The van der Waals surface area contributed by atoms with Crippen LogP contribution in [0.4, 0.5) is 14.5 Å². The third-order valence-electron chi connectivity index (χ3n) is 4.94. The number of benzene rings is 2. The van der Waals surface area contributed by atoms with E-state index in [0.717, 1.165) is 39.2 Å². The van der Waals surface area contributed by atoms with Crippen molar-refractivity contribution in [2.75, 3.05) is 11.4 Å². The molecule has 1 saturated heterocycles. The summed E-state index contributed by atoms with van der Waals surface area (Å²) >= 11 is 0. The summed E-state index contributed by atoms with van der Waals surface area (Å²) in [6, 6.07) is 8.13. The number of fused-ring (bicyclic) bond motifs is 1. The van der Waals surface area contributed by atoms with Crippen LogP contribution in [0.3, 0.4) is 0 Å². The first-order valence-electron chi connectivity index (χ1n) is 9.17. The van der Waals surface area contributed by atoms with Crippen molar-refractivity contribution in [3.63, 3.8) is 0 Å². The van der Waals surface area contributed by atoms with Gasteiger partial charge in [-0.3, -0.25) is 19.4 Å². The summed E-state index contributed by atoms with van der Waals surface area (Å²) in [6.07, 6.45) is 0. The van der Waals surface area contributed by atoms with Gasteiger partial charge in [0.2, 0.25) is 5.91 Å². The molecule has 2 aromatic rings. The van der Waals surface area contributed by atoms with Crippen molar-refractivity contribution in [1.82, 2.24) is 10.3 Å². The van der Waals surface area contributed by atoms with E-state index in [1.165, 1.54) is 0 Å². The molecule has 0 unspecified atom stereocenters. The molecule has 0 saturated carbocycles. The van der Waals surface area contributed by atoms with Crippen LogP contribution in [0.25, 0.3) is 0 Å². The van der Waals surface area contributed by atoms with Crippen LogP contribution in [0.1, 0.15) is 11.1 Å². The third-order valence-corrected chi connectivity index (χ3v) is 4.94. The van der Waals surface area contributed by atoms with Crippen molar-refractivity contribution in [2.45, 2.75) is 25.6 Å². The van der Waals surface area contributed by atoms with E-state index in [-0.39, 0.29) is 12.2 Å². The molecule has 0 aliphatic carbocycles. The molecule has 2 heterocycles. The Morgan fingerprint density at radius 1 is 1.07 bits per heavy atom. The second-order valence-electron chi connectivity index (χ2n) is 7.06. The van der Waals surface area contributed by atoms with Gasteiger partial charge in [0.05, 0.1) is 5.69 Å². The van der Waals surface area contributed by atoms with Gasteiger partial charge >= 0.3 is 0 Å². The molecular formula is C20H17F2N5O3. The van der Waals surface area contributed by atoms with E-state index in [0.29, 0.717) is 6.54 Å². The van der Waals surface area contributed by atoms with Gasteiger partial charge in [-0.25, -0.2) is 13.7 Å². The molecule has 1 fully saturated rings. The van der Waals surface area contributed by atoms with Crippen LogP contribution in [0.2, 0.25) is 0 Å². The fraction of sp³-hybridized carbons (Fsp3) is 0.250. The predicted octanol–water partition coefficient (Wildman–Crippen LogP) is 1.88. The zero-order valence-corrected chi connectivity index (χ0v) is 15.9. The van der Waals surface area contributed by atoms with E-state index < -0.39 is 41.4 Å². The molecule has 0 spiro atoms. The molecule has 8 nitrogen and oxygen atoms in total. The summed E-state index contributed by atoms with van der Waals surface area (Å²) in [6.45, 7) is 1.98. The zero-order chi connectivity index (χ0) is 21.4. The highest BCUT2D eigenvalue weighted by Gasteiger charge is 2.55. The van der Waals surface area contributed by atoms with Gasteiger partial charge in [-0.05, 0) is 24.6 Å². The van der Waals surface area contributed by atoms with E-state index in [2.05, 4.69) is 15.7 Å². The molecule has 2 atom stereocenters. The number of carbonyl (C=O) groups excluding carboxylic acids is 3. The summed E-state index contributed by atoms with van der Waals surface area (Å²) in [7, 11) is 0. The molecule has 0 aromatic heterocycles. The molecule has 4 rings (SSSR count). The number of nitrogens with zero attached hydrogens (tertiary/aromatic N) is 4. The average molecular weight is 413 g/mol. The van der Waals surface area contributed by atoms with Gasteiger partial charge in [-0.15, -0.1) is 0 Å². The van der Waals surface area contributed by atoms with Gasteiger partial charge in [0.25, 0.3) is 11.8 Å². The first kappa shape index (κ1) is 19.6. The van der Waals surface area contributed by atoms with Crippen molar-refractivity contribution < 1.29 is 23.2 Å². The molecular weight excluding hydrogens is 396 g/mol. The zero-order valence-electron chi connectivity index (χ0n) is 15.9. The van der Waals surface area contributed by atoms with Crippen LogP contribution in [-0.4, -0.2) is 41.4 Å². The first-order chi connectivity index (χ1) is 14.3. The highest BCUT2D eigenvalue weighted by Crippen LogP contribution is 2.32. The minimum Gasteiger partial charge on any atom is -0.350 e. The lowest BCUT2D eigenvalue weighted by atomic mass is 10.1. The van der Waals surface area contributed by atoms with E-state index in [1.54, 1.807) is 0 Å². The second-order valence-corrected chi connectivity index (χ2v) is 7.06. The lowest BCUT2D eigenvalue weighted by molar-refractivity contribution is -0.125. The molecule has 0 radical (unpaired) electrons. The van der Waals surface area contributed by atoms with Crippen LogP contribution in [0.5, 0.6) is 0 Å². The molecule has 154 valence electrons. The van der Waals surface area contributed by atoms with Crippen LogP contribution >= 0.6 is 0 Å². The number of imide groups is 1. The molecule has 0 bridgehead atoms. The van der Waals surface area contributed by atoms with Crippen molar-refractivity contribution >= 4 is 23.4 Å². The number of carbonyl (C=O) groups is 3. The Bertz CT molecular complexity index is 1060. The fourth-order valence-corrected chi connectivity index (χ4v) is 3.34. The van der Waals surface area contributed by atoms with Gasteiger partial charge in [0, 0.05) is 12.6 Å². The minimum atomic E-state index is -1.18. The second kappa shape index (κ2) is 7.62. The number of amides is 3. The topological polar surface area (TPSA) is 94.4 Å². The number of hydrogen-bond acceptors (Lipinski definition) is 6. The van der Waals surface area contributed by atoms with Gasteiger partial charge in [0.1, 0.15) is 6.54 Å². The van der Waals surface area contributed by atoms with E-state index in [1.807, 2.05) is 31.2 Å². The smallest absolute Gasteiger partial charge is 0.263 e. The summed E-state index contributed by atoms with van der Waals surface area (Å²) in [4.78, 5) is 38.4. The van der Waals surface area contributed by atoms with Crippen molar-refractivity contribution in [2.24, 2.45) is 10.3 Å². The van der Waals surface area contributed by atoms with E-state index >= 15 is 0 Å². The lowest BCUT2D eigenvalue weighted by Gasteiger charge is -2.20. The Balaban J connectivity index is 1.43. The van der Waals surface area contributed by atoms with Crippen molar-refractivity contribution in [1.29, 1.82) is 0 Å². The first-order valence-corrected chi connectivity index (χ1v) is 9.17. The molecule has 2 aliphatic rings. The Morgan fingerprint density at radius 3 is 2.50 bits per heavy atom. The Kier molecular flexibility index (Phi) is 4.98. The number of hydrogen-bond donors (Lipinski definition) is 1. The minimum absolute atomic E-state index is 0.0997. The number of nitrogens with one attached hydrogen (secondary N) is 1. The molecule has 10 heteroatoms. The maximum Gasteiger partial charge on any atom is 0.263 e. The highest BCUT2D eigenvalue weighted by atomic mass is 19.2.